The highest BCUT2D eigenvalue weighted by molar-refractivity contribution is 5.92. The van der Waals surface area contributed by atoms with Gasteiger partial charge in [-0.1, -0.05) is 19.4 Å². The Labute approximate surface area is 124 Å². The highest BCUT2D eigenvalue weighted by Gasteiger charge is 2.20. The molecular formula is C15H22N2O4. The van der Waals surface area contributed by atoms with Crippen LogP contribution in [-0.2, 0) is 4.79 Å². The average molecular weight is 294 g/mol. The molecule has 3 N–H and O–H groups in total. The lowest BCUT2D eigenvalue weighted by molar-refractivity contribution is -0.137. The third-order valence-corrected chi connectivity index (χ3v) is 3.09. The molecule has 0 aromatic heterocycles. The number of hydrogen-bond acceptors (Lipinski definition) is 3. The monoisotopic (exact) mass is 294 g/mol. The van der Waals surface area contributed by atoms with Crippen molar-refractivity contribution in [3.05, 3.63) is 24.3 Å². The fourth-order valence-electron chi connectivity index (χ4n) is 2.14. The van der Waals surface area contributed by atoms with E-state index in [1.807, 2.05) is 13.8 Å². The molecular weight excluding hydrogens is 272 g/mol. The van der Waals surface area contributed by atoms with Crippen LogP contribution in [0.3, 0.4) is 0 Å². The van der Waals surface area contributed by atoms with Crippen LogP contribution in [0.25, 0.3) is 0 Å². The van der Waals surface area contributed by atoms with Gasteiger partial charge in [0.25, 0.3) is 0 Å². The van der Waals surface area contributed by atoms with Crippen LogP contribution in [0.15, 0.2) is 24.3 Å². The number of carbonyl (C=O) groups is 2. The molecule has 6 heteroatoms. The van der Waals surface area contributed by atoms with E-state index in [0.29, 0.717) is 18.7 Å². The maximum Gasteiger partial charge on any atom is 0.322 e. The molecule has 1 aromatic carbocycles. The van der Waals surface area contributed by atoms with Gasteiger partial charge in [-0.15, -0.1) is 0 Å². The van der Waals surface area contributed by atoms with E-state index in [4.69, 9.17) is 5.11 Å². The van der Waals surface area contributed by atoms with E-state index < -0.39 is 12.0 Å². The SMILES string of the molecule is CCCC(CC(=O)O)NC(=O)N(CC)c1cccc(O)c1. The fraction of sp³-hybridized carbons (Fsp3) is 0.467. The standard InChI is InChI=1S/C15H22N2O4/c1-3-6-11(9-14(19)20)16-15(21)17(4-2)12-7-5-8-13(18)10-12/h5,7-8,10-11,18H,3-4,6,9H2,1-2H3,(H,16,21)(H,19,20). The van der Waals surface area contributed by atoms with E-state index in [-0.39, 0.29) is 18.2 Å². The minimum atomic E-state index is -0.936. The summed E-state index contributed by atoms with van der Waals surface area (Å²) in [5, 5.41) is 21.1. The molecule has 0 saturated heterocycles. The highest BCUT2D eigenvalue weighted by Crippen LogP contribution is 2.20. The number of phenols is 1. The number of benzene rings is 1. The second kappa shape index (κ2) is 8.14. The first-order chi connectivity index (χ1) is 9.97. The van der Waals surface area contributed by atoms with Crippen molar-refractivity contribution in [2.45, 2.75) is 39.2 Å². The number of urea groups is 1. The number of carbonyl (C=O) groups excluding carboxylic acids is 1. The lowest BCUT2D eigenvalue weighted by Gasteiger charge is -2.25. The van der Waals surface area contributed by atoms with E-state index in [0.717, 1.165) is 6.42 Å². The Hall–Kier alpha value is -2.24. The first-order valence-corrected chi connectivity index (χ1v) is 7.06. The maximum atomic E-state index is 12.3. The van der Waals surface area contributed by atoms with E-state index in [9.17, 15) is 14.7 Å². The number of hydrogen-bond donors (Lipinski definition) is 3. The van der Waals surface area contributed by atoms with Crippen molar-refractivity contribution < 1.29 is 19.8 Å². The topological polar surface area (TPSA) is 89.9 Å². The summed E-state index contributed by atoms with van der Waals surface area (Å²) in [7, 11) is 0. The Morgan fingerprint density at radius 2 is 2.05 bits per heavy atom. The number of phenolic OH excluding ortho intramolecular Hbond substituents is 1. The van der Waals surface area contributed by atoms with Crippen molar-refractivity contribution in [2.75, 3.05) is 11.4 Å². The Bertz CT molecular complexity index is 490. The second-order valence-electron chi connectivity index (χ2n) is 4.80. The zero-order valence-corrected chi connectivity index (χ0v) is 12.4. The maximum absolute atomic E-state index is 12.3. The molecule has 1 atom stereocenters. The second-order valence-corrected chi connectivity index (χ2v) is 4.80. The van der Waals surface area contributed by atoms with Gasteiger partial charge in [0.05, 0.1) is 6.42 Å². The fourth-order valence-corrected chi connectivity index (χ4v) is 2.14. The largest absolute Gasteiger partial charge is 0.508 e. The first kappa shape index (κ1) is 16.8. The Balaban J connectivity index is 2.80. The molecule has 2 amide bonds. The molecule has 0 radical (unpaired) electrons. The molecule has 1 rings (SSSR count). The van der Waals surface area contributed by atoms with Gasteiger partial charge in [0.1, 0.15) is 5.75 Å². The Morgan fingerprint density at radius 1 is 1.33 bits per heavy atom. The molecule has 0 aliphatic carbocycles. The van der Waals surface area contributed by atoms with Crippen molar-refractivity contribution >= 4 is 17.7 Å². The van der Waals surface area contributed by atoms with Crippen LogP contribution >= 0.6 is 0 Å². The van der Waals surface area contributed by atoms with E-state index >= 15 is 0 Å². The van der Waals surface area contributed by atoms with Crippen LogP contribution in [0.4, 0.5) is 10.5 Å². The number of nitrogens with one attached hydrogen (secondary N) is 1. The highest BCUT2D eigenvalue weighted by atomic mass is 16.4. The molecule has 21 heavy (non-hydrogen) atoms. The van der Waals surface area contributed by atoms with Gasteiger partial charge < -0.3 is 15.5 Å². The minimum absolute atomic E-state index is 0.0781. The molecule has 6 nitrogen and oxygen atoms in total. The van der Waals surface area contributed by atoms with Gasteiger partial charge in [-0.2, -0.15) is 0 Å². The molecule has 1 unspecified atom stereocenters. The molecule has 1 aromatic rings. The van der Waals surface area contributed by atoms with E-state index in [2.05, 4.69) is 5.32 Å². The Morgan fingerprint density at radius 3 is 2.57 bits per heavy atom. The summed E-state index contributed by atoms with van der Waals surface area (Å²) in [5.41, 5.74) is 0.570. The smallest absolute Gasteiger partial charge is 0.322 e. The molecule has 0 heterocycles. The zero-order chi connectivity index (χ0) is 15.8. The first-order valence-electron chi connectivity index (χ1n) is 7.06. The van der Waals surface area contributed by atoms with Crippen LogP contribution in [0, 0.1) is 0 Å². The van der Waals surface area contributed by atoms with Gasteiger partial charge in [0.15, 0.2) is 0 Å². The predicted octanol–water partition coefficient (Wildman–Crippen LogP) is 2.57. The van der Waals surface area contributed by atoms with Gasteiger partial charge in [-0.05, 0) is 25.5 Å². The molecule has 0 fully saturated rings. The number of carboxylic acid groups (broad SMARTS) is 1. The summed E-state index contributed by atoms with van der Waals surface area (Å²) in [6, 6.07) is 5.64. The third-order valence-electron chi connectivity index (χ3n) is 3.09. The number of carboxylic acids is 1. The average Bonchev–Trinajstić information content (AvgIpc) is 2.39. The summed E-state index contributed by atoms with van der Waals surface area (Å²) in [4.78, 5) is 24.6. The van der Waals surface area contributed by atoms with E-state index in [1.165, 1.54) is 17.0 Å². The predicted molar refractivity (Wildman–Crippen MR) is 80.6 cm³/mol. The quantitative estimate of drug-likeness (QED) is 0.721. The van der Waals surface area contributed by atoms with Gasteiger partial charge >= 0.3 is 12.0 Å². The van der Waals surface area contributed by atoms with Crippen LogP contribution in [0.2, 0.25) is 0 Å². The van der Waals surface area contributed by atoms with Crippen molar-refractivity contribution in [1.82, 2.24) is 5.32 Å². The van der Waals surface area contributed by atoms with Gasteiger partial charge in [0, 0.05) is 24.3 Å². The number of nitrogens with zero attached hydrogens (tertiary/aromatic N) is 1. The molecule has 0 aliphatic rings. The molecule has 0 spiro atoms. The van der Waals surface area contributed by atoms with Gasteiger partial charge in [-0.3, -0.25) is 9.69 Å². The number of rotatable bonds is 7. The minimum Gasteiger partial charge on any atom is -0.508 e. The summed E-state index contributed by atoms with van der Waals surface area (Å²) in [5.74, 6) is -0.858. The number of aromatic hydroxyl groups is 1. The van der Waals surface area contributed by atoms with Crippen molar-refractivity contribution in [3.63, 3.8) is 0 Å². The number of aliphatic carboxylic acids is 1. The van der Waals surface area contributed by atoms with E-state index in [1.54, 1.807) is 12.1 Å². The Kier molecular flexibility index (Phi) is 6.52. The number of anilines is 1. The lowest BCUT2D eigenvalue weighted by Crippen LogP contribution is -2.45. The zero-order valence-electron chi connectivity index (χ0n) is 12.4. The van der Waals surface area contributed by atoms with Crippen LogP contribution in [-0.4, -0.2) is 34.8 Å². The number of amides is 2. The summed E-state index contributed by atoms with van der Waals surface area (Å²) < 4.78 is 0. The van der Waals surface area contributed by atoms with Crippen LogP contribution in [0.5, 0.6) is 5.75 Å². The summed E-state index contributed by atoms with van der Waals surface area (Å²) >= 11 is 0. The molecule has 0 saturated carbocycles. The van der Waals surface area contributed by atoms with Gasteiger partial charge in [-0.25, -0.2) is 4.79 Å². The summed E-state index contributed by atoms with van der Waals surface area (Å²) in [6.07, 6.45) is 1.29. The normalized spacial score (nSPS) is 11.7. The van der Waals surface area contributed by atoms with Crippen molar-refractivity contribution in [1.29, 1.82) is 0 Å². The third kappa shape index (κ3) is 5.33. The van der Waals surface area contributed by atoms with Gasteiger partial charge in [0.2, 0.25) is 0 Å². The lowest BCUT2D eigenvalue weighted by atomic mass is 10.1. The van der Waals surface area contributed by atoms with Crippen LogP contribution in [0.1, 0.15) is 33.1 Å². The van der Waals surface area contributed by atoms with Crippen molar-refractivity contribution in [2.24, 2.45) is 0 Å². The molecule has 0 aliphatic heterocycles. The van der Waals surface area contributed by atoms with Crippen molar-refractivity contribution in [3.8, 4) is 5.75 Å². The molecule has 116 valence electrons. The molecule has 0 bridgehead atoms. The van der Waals surface area contributed by atoms with Crippen LogP contribution < -0.4 is 10.2 Å². The summed E-state index contributed by atoms with van der Waals surface area (Å²) in [6.45, 7) is 4.17.